The Hall–Kier alpha value is -4.15. The third kappa shape index (κ3) is 5.20. The molecule has 1 amide bonds. The normalized spacial score (nSPS) is 15.9. The molecule has 37 heavy (non-hydrogen) atoms. The lowest BCUT2D eigenvalue weighted by Gasteiger charge is -2.19. The fraction of sp³-hybridized carbons (Fsp3) is 0.423. The van der Waals surface area contributed by atoms with Gasteiger partial charge in [0.2, 0.25) is 11.9 Å². The fourth-order valence-corrected chi connectivity index (χ4v) is 4.52. The maximum atomic E-state index is 12.8. The number of carbonyl (C=O) groups is 2. The summed E-state index contributed by atoms with van der Waals surface area (Å²) in [5.74, 6) is 1.42. The SMILES string of the molecule is CC(=O)NCC1CCN(c2nc(Nc3ccc4c(C)nn(C(=O)OC(C)(C)C)c4c3)nc3ccoc23)C1. The number of nitrogens with one attached hydrogen (secondary N) is 2. The summed E-state index contributed by atoms with van der Waals surface area (Å²) < 4.78 is 12.5. The molecule has 1 aromatic carbocycles. The molecule has 1 fully saturated rings. The predicted octanol–water partition coefficient (Wildman–Crippen LogP) is 4.37. The van der Waals surface area contributed by atoms with Crippen molar-refractivity contribution >= 4 is 51.5 Å². The fourth-order valence-electron chi connectivity index (χ4n) is 4.52. The highest BCUT2D eigenvalue weighted by Crippen LogP contribution is 2.32. The van der Waals surface area contributed by atoms with Gasteiger partial charge in [0, 0.05) is 43.7 Å². The molecule has 4 heterocycles. The first-order chi connectivity index (χ1) is 17.6. The number of anilines is 3. The van der Waals surface area contributed by atoms with Gasteiger partial charge in [0.1, 0.15) is 11.1 Å². The van der Waals surface area contributed by atoms with Crippen molar-refractivity contribution in [2.45, 2.75) is 46.6 Å². The van der Waals surface area contributed by atoms with Gasteiger partial charge in [-0.15, -0.1) is 0 Å². The number of ether oxygens (including phenoxy) is 1. The van der Waals surface area contributed by atoms with Gasteiger partial charge in [0.05, 0.1) is 17.5 Å². The molecule has 194 valence electrons. The van der Waals surface area contributed by atoms with Crippen LogP contribution in [0.5, 0.6) is 0 Å². The molecule has 5 rings (SSSR count). The molecule has 1 aliphatic rings. The number of furan rings is 1. The lowest BCUT2D eigenvalue weighted by atomic mass is 10.1. The molecule has 1 unspecified atom stereocenters. The number of aryl methyl sites for hydroxylation is 1. The van der Waals surface area contributed by atoms with Gasteiger partial charge in [-0.1, -0.05) is 0 Å². The van der Waals surface area contributed by atoms with Crippen LogP contribution < -0.4 is 15.5 Å². The molecule has 1 atom stereocenters. The summed E-state index contributed by atoms with van der Waals surface area (Å²) in [6.45, 7) is 11.0. The average Bonchev–Trinajstić information content (AvgIpc) is 3.55. The largest absolute Gasteiger partial charge is 0.459 e. The van der Waals surface area contributed by atoms with Gasteiger partial charge in [0.15, 0.2) is 11.4 Å². The van der Waals surface area contributed by atoms with Crippen molar-refractivity contribution in [1.29, 1.82) is 0 Å². The summed E-state index contributed by atoms with van der Waals surface area (Å²) in [4.78, 5) is 35.6. The minimum Gasteiger partial charge on any atom is -0.459 e. The molecule has 0 saturated carbocycles. The Balaban J connectivity index is 1.43. The topological polar surface area (TPSA) is 127 Å². The smallest absolute Gasteiger partial charge is 0.435 e. The number of aromatic nitrogens is 4. The Morgan fingerprint density at radius 1 is 1.22 bits per heavy atom. The lowest BCUT2D eigenvalue weighted by molar-refractivity contribution is -0.119. The molecule has 4 aromatic rings. The first-order valence-electron chi connectivity index (χ1n) is 12.3. The van der Waals surface area contributed by atoms with Crippen molar-refractivity contribution < 1.29 is 18.7 Å². The van der Waals surface area contributed by atoms with Crippen LogP contribution in [0.1, 0.15) is 39.8 Å². The average molecular weight is 506 g/mol. The van der Waals surface area contributed by atoms with E-state index >= 15 is 0 Å². The van der Waals surface area contributed by atoms with Gasteiger partial charge in [0.25, 0.3) is 0 Å². The number of nitrogens with zero attached hydrogens (tertiary/aromatic N) is 5. The van der Waals surface area contributed by atoms with Crippen LogP contribution in [0.15, 0.2) is 34.9 Å². The van der Waals surface area contributed by atoms with E-state index in [-0.39, 0.29) is 5.91 Å². The minimum absolute atomic E-state index is 0.0272. The Morgan fingerprint density at radius 3 is 2.78 bits per heavy atom. The second-order valence-electron chi connectivity index (χ2n) is 10.4. The van der Waals surface area contributed by atoms with Crippen LogP contribution in [-0.2, 0) is 9.53 Å². The third-order valence-electron chi connectivity index (χ3n) is 6.20. The number of hydrogen-bond acceptors (Lipinski definition) is 9. The molecule has 3 aromatic heterocycles. The zero-order chi connectivity index (χ0) is 26.3. The van der Waals surface area contributed by atoms with E-state index in [1.54, 1.807) is 12.3 Å². The maximum Gasteiger partial charge on any atom is 0.435 e. The number of hydrogen-bond donors (Lipinski definition) is 2. The van der Waals surface area contributed by atoms with Gasteiger partial charge >= 0.3 is 6.09 Å². The molecule has 11 nitrogen and oxygen atoms in total. The second-order valence-corrected chi connectivity index (χ2v) is 10.4. The van der Waals surface area contributed by atoms with E-state index in [2.05, 4.69) is 25.6 Å². The maximum absolute atomic E-state index is 12.8. The van der Waals surface area contributed by atoms with Crippen LogP contribution in [0.2, 0.25) is 0 Å². The molecular weight excluding hydrogens is 474 g/mol. The van der Waals surface area contributed by atoms with Crippen LogP contribution in [0.3, 0.4) is 0 Å². The number of fused-ring (bicyclic) bond motifs is 2. The molecular formula is C26H31N7O4. The van der Waals surface area contributed by atoms with E-state index in [0.717, 1.165) is 30.6 Å². The van der Waals surface area contributed by atoms with Crippen molar-refractivity contribution in [3.05, 3.63) is 36.2 Å². The molecule has 0 bridgehead atoms. The molecule has 11 heteroatoms. The number of rotatable bonds is 5. The molecule has 2 N–H and O–H groups in total. The first-order valence-corrected chi connectivity index (χ1v) is 12.3. The summed E-state index contributed by atoms with van der Waals surface area (Å²) in [5.41, 5.74) is 2.74. The Labute approximate surface area is 214 Å². The van der Waals surface area contributed by atoms with E-state index in [0.29, 0.717) is 46.5 Å². The summed E-state index contributed by atoms with van der Waals surface area (Å²) in [6, 6.07) is 7.45. The van der Waals surface area contributed by atoms with Crippen molar-refractivity contribution in [2.75, 3.05) is 29.9 Å². The number of benzene rings is 1. The van der Waals surface area contributed by atoms with Gasteiger partial charge in [-0.25, -0.2) is 9.78 Å². The van der Waals surface area contributed by atoms with Crippen LogP contribution in [0, 0.1) is 12.8 Å². The van der Waals surface area contributed by atoms with Crippen molar-refractivity contribution in [3.8, 4) is 0 Å². The minimum atomic E-state index is -0.639. The van der Waals surface area contributed by atoms with E-state index in [1.807, 2.05) is 45.9 Å². The molecule has 1 aliphatic heterocycles. The van der Waals surface area contributed by atoms with Crippen LogP contribution >= 0.6 is 0 Å². The van der Waals surface area contributed by atoms with Crippen LogP contribution in [0.4, 0.5) is 22.2 Å². The summed E-state index contributed by atoms with van der Waals surface area (Å²) in [5, 5.41) is 11.4. The van der Waals surface area contributed by atoms with Gasteiger partial charge in [-0.2, -0.15) is 14.8 Å². The zero-order valence-corrected chi connectivity index (χ0v) is 21.7. The molecule has 0 radical (unpaired) electrons. The lowest BCUT2D eigenvalue weighted by Crippen LogP contribution is -2.29. The van der Waals surface area contributed by atoms with E-state index < -0.39 is 11.7 Å². The third-order valence-corrected chi connectivity index (χ3v) is 6.20. The van der Waals surface area contributed by atoms with Gasteiger partial charge < -0.3 is 24.7 Å². The number of amides is 1. The van der Waals surface area contributed by atoms with Crippen molar-refractivity contribution in [1.82, 2.24) is 25.1 Å². The van der Waals surface area contributed by atoms with E-state index in [1.165, 1.54) is 11.6 Å². The Kier molecular flexibility index (Phi) is 6.22. The van der Waals surface area contributed by atoms with Gasteiger partial charge in [-0.05, 0) is 58.2 Å². The standard InChI is InChI=1S/C26H31N7O4/c1-15-19-7-6-18(12-21(19)33(31-15)25(35)37-26(3,4)5)28-24-29-20-9-11-36-22(20)23(30-24)32-10-8-17(14-32)13-27-16(2)34/h6-7,9,11-12,17H,8,10,13-14H2,1-5H3,(H,27,34)(H,28,29,30). The molecule has 0 spiro atoms. The molecule has 0 aliphatic carbocycles. The zero-order valence-electron chi connectivity index (χ0n) is 21.7. The quantitative estimate of drug-likeness (QED) is 0.406. The van der Waals surface area contributed by atoms with Crippen LogP contribution in [0.25, 0.3) is 22.0 Å². The highest BCUT2D eigenvalue weighted by Gasteiger charge is 2.27. The van der Waals surface area contributed by atoms with E-state index in [9.17, 15) is 9.59 Å². The second kappa shape index (κ2) is 9.38. The summed E-state index contributed by atoms with van der Waals surface area (Å²) >= 11 is 0. The number of carbonyl (C=O) groups excluding carboxylic acids is 2. The van der Waals surface area contributed by atoms with Gasteiger partial charge in [-0.3, -0.25) is 4.79 Å². The Bertz CT molecular complexity index is 1480. The van der Waals surface area contributed by atoms with Crippen molar-refractivity contribution in [2.24, 2.45) is 5.92 Å². The Morgan fingerprint density at radius 2 is 2.03 bits per heavy atom. The summed E-state index contributed by atoms with van der Waals surface area (Å²) in [6.07, 6.45) is 2.01. The van der Waals surface area contributed by atoms with Crippen molar-refractivity contribution in [3.63, 3.8) is 0 Å². The van der Waals surface area contributed by atoms with E-state index in [4.69, 9.17) is 14.1 Å². The highest BCUT2D eigenvalue weighted by atomic mass is 16.6. The first kappa shape index (κ1) is 24.5. The monoisotopic (exact) mass is 505 g/mol. The predicted molar refractivity (Wildman–Crippen MR) is 140 cm³/mol. The molecule has 1 saturated heterocycles. The highest BCUT2D eigenvalue weighted by molar-refractivity contribution is 5.92. The summed E-state index contributed by atoms with van der Waals surface area (Å²) in [7, 11) is 0. The van der Waals surface area contributed by atoms with Crippen LogP contribution in [-0.4, -0.2) is 57.0 Å².